The molecule has 2 unspecified atom stereocenters. The Kier molecular flexibility index (Phi) is 2.45. The number of hydrogen-bond acceptors (Lipinski definition) is 3. The average molecular weight is 131 g/mol. The molecule has 0 bridgehead atoms. The van der Waals surface area contributed by atoms with Crippen molar-refractivity contribution >= 4 is 0 Å². The van der Waals surface area contributed by atoms with E-state index in [2.05, 4.69) is 0 Å². The molecule has 0 radical (unpaired) electrons. The minimum absolute atomic E-state index is 0.119. The van der Waals surface area contributed by atoms with Crippen molar-refractivity contribution in [2.24, 2.45) is 5.73 Å². The predicted octanol–water partition coefficient (Wildman–Crippen LogP) is -0.251. The minimum atomic E-state index is 0.119. The fraction of sp³-hybridized carbons (Fsp3) is 1.00. The van der Waals surface area contributed by atoms with Crippen LogP contribution in [0.3, 0.4) is 0 Å². The van der Waals surface area contributed by atoms with Gasteiger partial charge in [0.2, 0.25) is 0 Å². The molecule has 2 N–H and O–H groups in total. The highest BCUT2D eigenvalue weighted by Gasteiger charge is 2.17. The van der Waals surface area contributed by atoms with Gasteiger partial charge in [-0.15, -0.1) is 0 Å². The molecule has 3 heteroatoms. The maximum atomic E-state index is 5.39. The Labute approximate surface area is 55.1 Å². The zero-order valence-electron chi connectivity index (χ0n) is 5.67. The number of ether oxygens (including phenoxy) is 2. The Morgan fingerprint density at radius 1 is 1.56 bits per heavy atom. The van der Waals surface area contributed by atoms with E-state index in [9.17, 15) is 0 Å². The normalized spacial score (nSPS) is 36.7. The smallest absolute Gasteiger partial charge is 0.0935 e. The maximum Gasteiger partial charge on any atom is 0.0935 e. The summed E-state index contributed by atoms with van der Waals surface area (Å²) in [5, 5.41) is 0. The Morgan fingerprint density at radius 3 is 2.78 bits per heavy atom. The second-order valence-electron chi connectivity index (χ2n) is 2.34. The summed E-state index contributed by atoms with van der Waals surface area (Å²) in [5.74, 6) is 0. The molecule has 0 spiro atoms. The summed E-state index contributed by atoms with van der Waals surface area (Å²) in [6, 6.07) is 0. The third kappa shape index (κ3) is 1.93. The van der Waals surface area contributed by atoms with Gasteiger partial charge in [0, 0.05) is 6.54 Å². The van der Waals surface area contributed by atoms with Gasteiger partial charge in [-0.1, -0.05) is 0 Å². The van der Waals surface area contributed by atoms with Crippen molar-refractivity contribution in [1.82, 2.24) is 0 Å². The molecule has 3 nitrogen and oxygen atoms in total. The minimum Gasteiger partial charge on any atom is -0.376 e. The van der Waals surface area contributed by atoms with Crippen molar-refractivity contribution in [2.45, 2.75) is 19.1 Å². The highest BCUT2D eigenvalue weighted by Crippen LogP contribution is 2.04. The zero-order valence-corrected chi connectivity index (χ0v) is 5.67. The van der Waals surface area contributed by atoms with E-state index in [0.29, 0.717) is 19.8 Å². The lowest BCUT2D eigenvalue weighted by Gasteiger charge is -2.26. The summed E-state index contributed by atoms with van der Waals surface area (Å²) in [6.45, 7) is 3.91. The summed E-state index contributed by atoms with van der Waals surface area (Å²) in [5.41, 5.74) is 5.36. The molecule has 54 valence electrons. The van der Waals surface area contributed by atoms with Gasteiger partial charge in [-0.25, -0.2) is 0 Å². The standard InChI is InChI=1S/C6H13NO2/c1-5-3-8-4-6(2-7)9-5/h5-6H,2-4,7H2,1H3. The first-order valence-corrected chi connectivity index (χ1v) is 3.26. The summed E-state index contributed by atoms with van der Waals surface area (Å²) in [7, 11) is 0. The van der Waals surface area contributed by atoms with E-state index >= 15 is 0 Å². The van der Waals surface area contributed by atoms with Crippen LogP contribution in [-0.2, 0) is 9.47 Å². The largest absolute Gasteiger partial charge is 0.376 e. The van der Waals surface area contributed by atoms with Crippen LogP contribution in [0.1, 0.15) is 6.92 Å². The van der Waals surface area contributed by atoms with Crippen LogP contribution in [0.15, 0.2) is 0 Å². The average Bonchev–Trinajstić information content (AvgIpc) is 1.88. The van der Waals surface area contributed by atoms with E-state index in [-0.39, 0.29) is 12.2 Å². The van der Waals surface area contributed by atoms with Crippen LogP contribution in [0.2, 0.25) is 0 Å². The quantitative estimate of drug-likeness (QED) is 0.533. The Morgan fingerprint density at radius 2 is 2.33 bits per heavy atom. The second kappa shape index (κ2) is 3.15. The monoisotopic (exact) mass is 131 g/mol. The molecule has 0 aromatic carbocycles. The number of rotatable bonds is 1. The lowest BCUT2D eigenvalue weighted by molar-refractivity contribution is -0.126. The second-order valence-corrected chi connectivity index (χ2v) is 2.34. The topological polar surface area (TPSA) is 44.5 Å². The number of nitrogens with two attached hydrogens (primary N) is 1. The van der Waals surface area contributed by atoms with Gasteiger partial charge in [0.25, 0.3) is 0 Å². The van der Waals surface area contributed by atoms with Crippen LogP contribution in [0.25, 0.3) is 0 Å². The van der Waals surface area contributed by atoms with Crippen molar-refractivity contribution < 1.29 is 9.47 Å². The van der Waals surface area contributed by atoms with E-state index in [1.54, 1.807) is 0 Å². The lowest BCUT2D eigenvalue weighted by atomic mass is 10.3. The van der Waals surface area contributed by atoms with E-state index < -0.39 is 0 Å². The fourth-order valence-electron chi connectivity index (χ4n) is 0.896. The Balaban J connectivity index is 2.23. The molecule has 0 saturated carbocycles. The van der Waals surface area contributed by atoms with Crippen molar-refractivity contribution in [2.75, 3.05) is 19.8 Å². The third-order valence-electron chi connectivity index (χ3n) is 1.34. The molecule has 1 rings (SSSR count). The molecule has 0 amide bonds. The summed E-state index contributed by atoms with van der Waals surface area (Å²) in [4.78, 5) is 0. The van der Waals surface area contributed by atoms with Crippen molar-refractivity contribution in [1.29, 1.82) is 0 Å². The summed E-state index contributed by atoms with van der Waals surface area (Å²) < 4.78 is 10.6. The first-order chi connectivity index (χ1) is 4.33. The molecule has 0 aromatic heterocycles. The molecule has 1 saturated heterocycles. The zero-order chi connectivity index (χ0) is 6.69. The van der Waals surface area contributed by atoms with E-state index in [0.717, 1.165) is 0 Å². The van der Waals surface area contributed by atoms with Crippen LogP contribution in [0.5, 0.6) is 0 Å². The molecular weight excluding hydrogens is 118 g/mol. The van der Waals surface area contributed by atoms with Crippen molar-refractivity contribution in [3.63, 3.8) is 0 Å². The van der Waals surface area contributed by atoms with Crippen LogP contribution in [0.4, 0.5) is 0 Å². The van der Waals surface area contributed by atoms with Gasteiger partial charge in [0.1, 0.15) is 0 Å². The van der Waals surface area contributed by atoms with Crippen LogP contribution < -0.4 is 5.73 Å². The van der Waals surface area contributed by atoms with E-state index in [1.165, 1.54) is 0 Å². The molecular formula is C6H13NO2. The molecule has 1 aliphatic heterocycles. The predicted molar refractivity (Wildman–Crippen MR) is 34.2 cm³/mol. The third-order valence-corrected chi connectivity index (χ3v) is 1.34. The molecule has 1 aliphatic rings. The van der Waals surface area contributed by atoms with Gasteiger partial charge < -0.3 is 15.2 Å². The van der Waals surface area contributed by atoms with Gasteiger partial charge in [-0.05, 0) is 6.92 Å². The Bertz CT molecular complexity index is 87.1. The first kappa shape index (κ1) is 6.99. The molecule has 1 heterocycles. The Hall–Kier alpha value is -0.120. The van der Waals surface area contributed by atoms with Gasteiger partial charge in [0.15, 0.2) is 0 Å². The van der Waals surface area contributed by atoms with Crippen LogP contribution in [-0.4, -0.2) is 32.0 Å². The number of hydrogen-bond donors (Lipinski definition) is 1. The highest BCUT2D eigenvalue weighted by molar-refractivity contribution is 4.64. The lowest BCUT2D eigenvalue weighted by Crippen LogP contribution is -2.38. The maximum absolute atomic E-state index is 5.39. The molecule has 1 fully saturated rings. The molecule has 9 heavy (non-hydrogen) atoms. The van der Waals surface area contributed by atoms with Crippen molar-refractivity contribution in [3.05, 3.63) is 0 Å². The van der Waals surface area contributed by atoms with Crippen LogP contribution >= 0.6 is 0 Å². The van der Waals surface area contributed by atoms with Gasteiger partial charge in [-0.2, -0.15) is 0 Å². The van der Waals surface area contributed by atoms with Crippen molar-refractivity contribution in [3.8, 4) is 0 Å². The van der Waals surface area contributed by atoms with E-state index in [1.807, 2.05) is 6.92 Å². The van der Waals surface area contributed by atoms with Gasteiger partial charge >= 0.3 is 0 Å². The van der Waals surface area contributed by atoms with Gasteiger partial charge in [-0.3, -0.25) is 0 Å². The summed E-state index contributed by atoms with van der Waals surface area (Å²) in [6.07, 6.45) is 0.334. The molecule has 2 atom stereocenters. The SMILES string of the molecule is CC1COCC(CN)O1. The molecule has 0 aromatic rings. The first-order valence-electron chi connectivity index (χ1n) is 3.26. The highest BCUT2D eigenvalue weighted by atomic mass is 16.6. The molecule has 0 aliphatic carbocycles. The van der Waals surface area contributed by atoms with Gasteiger partial charge in [0.05, 0.1) is 25.4 Å². The summed E-state index contributed by atoms with van der Waals surface area (Å²) >= 11 is 0. The van der Waals surface area contributed by atoms with Crippen LogP contribution in [0, 0.1) is 0 Å². The fourth-order valence-corrected chi connectivity index (χ4v) is 0.896. The van der Waals surface area contributed by atoms with E-state index in [4.69, 9.17) is 15.2 Å².